The van der Waals surface area contributed by atoms with Crippen LogP contribution in [0.3, 0.4) is 0 Å². The van der Waals surface area contributed by atoms with E-state index in [1.165, 1.54) is 26.4 Å². The van der Waals surface area contributed by atoms with E-state index in [0.717, 1.165) is 0 Å². The Morgan fingerprint density at radius 1 is 1.60 bits per heavy atom. The summed E-state index contributed by atoms with van der Waals surface area (Å²) < 4.78 is 3.86. The number of carbonyl (C=O) groups excluding carboxylic acids is 1. The van der Waals surface area contributed by atoms with Gasteiger partial charge in [0, 0.05) is 0 Å². The zero-order chi connectivity index (χ0) is 8.24. The fourth-order valence-corrected chi connectivity index (χ4v) is 0.348. The molecule has 60 valence electrons. The summed E-state index contributed by atoms with van der Waals surface area (Å²) >= 11 is 0. The van der Waals surface area contributed by atoms with Crippen LogP contribution in [0.4, 0.5) is 0 Å². The molecule has 0 aliphatic rings. The molecule has 0 bridgehead atoms. The van der Waals surface area contributed by atoms with Gasteiger partial charge < -0.3 is 4.74 Å². The standard InChI is InChI=1S/C6H12.C2H4O2/c1-3-5-6-4-2;1-4-2-3/h3H,1,4-6H2,2H3;2H,1H3. The predicted molar refractivity (Wildman–Crippen MR) is 42.8 cm³/mol. The Morgan fingerprint density at radius 3 is 2.20 bits per heavy atom. The molecule has 0 saturated heterocycles. The molecule has 0 heterocycles. The van der Waals surface area contributed by atoms with E-state index in [9.17, 15) is 0 Å². The number of unbranched alkanes of at least 4 members (excludes halogenated alkanes) is 2. The first-order valence-corrected chi connectivity index (χ1v) is 3.40. The second-order valence-electron chi connectivity index (χ2n) is 1.76. The lowest BCUT2D eigenvalue weighted by atomic mass is 10.3. The molecule has 0 N–H and O–H groups in total. The summed E-state index contributed by atoms with van der Waals surface area (Å²) in [4.78, 5) is 8.95. The molecule has 0 fully saturated rings. The Hall–Kier alpha value is -0.790. The third-order valence-corrected chi connectivity index (χ3v) is 0.858. The van der Waals surface area contributed by atoms with E-state index in [4.69, 9.17) is 4.79 Å². The first-order chi connectivity index (χ1) is 4.83. The van der Waals surface area contributed by atoms with Crippen molar-refractivity contribution in [3.63, 3.8) is 0 Å². The molecule has 0 aliphatic heterocycles. The van der Waals surface area contributed by atoms with Crippen molar-refractivity contribution in [2.24, 2.45) is 0 Å². The molecule has 2 heteroatoms. The first kappa shape index (κ1) is 11.9. The fourth-order valence-electron chi connectivity index (χ4n) is 0.348. The topological polar surface area (TPSA) is 26.3 Å². The number of ether oxygens (including phenoxy) is 1. The minimum absolute atomic E-state index is 0.375. The number of allylic oxidation sites excluding steroid dienone is 1. The van der Waals surface area contributed by atoms with E-state index in [2.05, 4.69) is 18.2 Å². The van der Waals surface area contributed by atoms with Gasteiger partial charge in [0.25, 0.3) is 6.47 Å². The van der Waals surface area contributed by atoms with Gasteiger partial charge in [0.2, 0.25) is 0 Å². The molecule has 0 spiro atoms. The van der Waals surface area contributed by atoms with E-state index in [1.54, 1.807) is 0 Å². The minimum atomic E-state index is 0.375. The Morgan fingerprint density at radius 2 is 2.10 bits per heavy atom. The average molecular weight is 144 g/mol. The van der Waals surface area contributed by atoms with E-state index in [0.29, 0.717) is 6.47 Å². The molecule has 0 amide bonds. The second-order valence-corrected chi connectivity index (χ2v) is 1.76. The van der Waals surface area contributed by atoms with Crippen LogP contribution in [0.15, 0.2) is 12.7 Å². The van der Waals surface area contributed by atoms with Crippen LogP contribution in [0, 0.1) is 0 Å². The number of hydrogen-bond donors (Lipinski definition) is 0. The summed E-state index contributed by atoms with van der Waals surface area (Å²) in [7, 11) is 1.31. The van der Waals surface area contributed by atoms with Crippen molar-refractivity contribution in [1.29, 1.82) is 0 Å². The molecular weight excluding hydrogens is 128 g/mol. The number of hydrogen-bond acceptors (Lipinski definition) is 2. The van der Waals surface area contributed by atoms with Crippen molar-refractivity contribution in [2.75, 3.05) is 7.11 Å². The molecule has 0 aromatic rings. The molecule has 10 heavy (non-hydrogen) atoms. The van der Waals surface area contributed by atoms with Crippen molar-refractivity contribution < 1.29 is 9.53 Å². The van der Waals surface area contributed by atoms with Crippen LogP contribution in [-0.2, 0) is 9.53 Å². The number of carbonyl (C=O) groups is 1. The lowest BCUT2D eigenvalue weighted by Crippen LogP contribution is -1.68. The van der Waals surface area contributed by atoms with Gasteiger partial charge in [-0.1, -0.05) is 25.8 Å². The van der Waals surface area contributed by atoms with E-state index < -0.39 is 0 Å². The molecule has 0 saturated carbocycles. The van der Waals surface area contributed by atoms with Gasteiger partial charge in [-0.3, -0.25) is 4.79 Å². The highest BCUT2D eigenvalue weighted by molar-refractivity contribution is 5.36. The van der Waals surface area contributed by atoms with Crippen LogP contribution < -0.4 is 0 Å². The summed E-state index contributed by atoms with van der Waals surface area (Å²) in [5.41, 5.74) is 0. The van der Waals surface area contributed by atoms with Gasteiger partial charge in [-0.15, -0.1) is 6.58 Å². The van der Waals surface area contributed by atoms with Crippen molar-refractivity contribution in [3.05, 3.63) is 12.7 Å². The quantitative estimate of drug-likeness (QED) is 0.343. The van der Waals surface area contributed by atoms with Gasteiger partial charge in [0.15, 0.2) is 0 Å². The maximum atomic E-state index is 8.95. The molecule has 0 rings (SSSR count). The molecule has 0 aliphatic carbocycles. The maximum absolute atomic E-state index is 8.95. The van der Waals surface area contributed by atoms with Gasteiger partial charge in [-0.2, -0.15) is 0 Å². The molecule has 0 unspecified atom stereocenters. The van der Waals surface area contributed by atoms with Gasteiger partial charge in [0.1, 0.15) is 0 Å². The molecule has 0 aromatic carbocycles. The second kappa shape index (κ2) is 15.7. The van der Waals surface area contributed by atoms with Crippen LogP contribution in [-0.4, -0.2) is 13.6 Å². The van der Waals surface area contributed by atoms with Gasteiger partial charge in [0.05, 0.1) is 7.11 Å². The lowest BCUT2D eigenvalue weighted by Gasteiger charge is -1.81. The molecule has 2 nitrogen and oxygen atoms in total. The smallest absolute Gasteiger partial charge is 0.292 e. The summed E-state index contributed by atoms with van der Waals surface area (Å²) in [6.45, 7) is 6.16. The number of rotatable bonds is 4. The van der Waals surface area contributed by atoms with Crippen molar-refractivity contribution in [1.82, 2.24) is 0 Å². The summed E-state index contributed by atoms with van der Waals surface area (Å²) in [6, 6.07) is 0. The molecule has 0 radical (unpaired) electrons. The van der Waals surface area contributed by atoms with Crippen LogP contribution in [0.1, 0.15) is 26.2 Å². The predicted octanol–water partition coefficient (Wildman–Crippen LogP) is 2.15. The van der Waals surface area contributed by atoms with Crippen LogP contribution in [0.2, 0.25) is 0 Å². The zero-order valence-electron chi connectivity index (χ0n) is 6.80. The van der Waals surface area contributed by atoms with Crippen LogP contribution in [0.25, 0.3) is 0 Å². The normalized spacial score (nSPS) is 7.00. The van der Waals surface area contributed by atoms with Crippen LogP contribution in [0.5, 0.6) is 0 Å². The third-order valence-electron chi connectivity index (χ3n) is 0.858. The van der Waals surface area contributed by atoms with Gasteiger partial charge >= 0.3 is 0 Å². The Balaban J connectivity index is 0. The van der Waals surface area contributed by atoms with Crippen LogP contribution >= 0.6 is 0 Å². The Kier molecular flexibility index (Phi) is 18.8. The Bertz CT molecular complexity index is 69.7. The van der Waals surface area contributed by atoms with E-state index in [-0.39, 0.29) is 0 Å². The summed E-state index contributed by atoms with van der Waals surface area (Å²) in [5.74, 6) is 0. The largest absolute Gasteiger partial charge is 0.471 e. The van der Waals surface area contributed by atoms with Crippen molar-refractivity contribution in [3.8, 4) is 0 Å². The highest BCUT2D eigenvalue weighted by Crippen LogP contribution is 1.91. The highest BCUT2D eigenvalue weighted by atomic mass is 16.5. The van der Waals surface area contributed by atoms with Crippen molar-refractivity contribution >= 4 is 6.47 Å². The number of methoxy groups -OCH3 is 1. The third kappa shape index (κ3) is 27.0. The first-order valence-electron chi connectivity index (χ1n) is 3.40. The van der Waals surface area contributed by atoms with E-state index >= 15 is 0 Å². The monoisotopic (exact) mass is 144 g/mol. The Labute approximate surface area is 62.9 Å². The summed E-state index contributed by atoms with van der Waals surface area (Å²) in [5, 5.41) is 0. The minimum Gasteiger partial charge on any atom is -0.471 e. The SMILES string of the molecule is C=CCCCC.COC=O. The fraction of sp³-hybridized carbons (Fsp3) is 0.625. The molecule has 0 aromatic heterocycles. The van der Waals surface area contributed by atoms with Gasteiger partial charge in [-0.25, -0.2) is 0 Å². The zero-order valence-corrected chi connectivity index (χ0v) is 6.80. The molecule has 0 atom stereocenters. The average Bonchev–Trinajstić information content (AvgIpc) is 2.01. The molecular formula is C8H16O2. The maximum Gasteiger partial charge on any atom is 0.292 e. The lowest BCUT2D eigenvalue weighted by molar-refractivity contribution is -0.126. The van der Waals surface area contributed by atoms with Crippen molar-refractivity contribution in [2.45, 2.75) is 26.2 Å². The highest BCUT2D eigenvalue weighted by Gasteiger charge is 1.71. The summed E-state index contributed by atoms with van der Waals surface area (Å²) in [6.07, 6.45) is 5.72. The van der Waals surface area contributed by atoms with E-state index in [1.807, 2.05) is 6.08 Å². The van der Waals surface area contributed by atoms with Gasteiger partial charge in [-0.05, 0) is 6.42 Å².